The molecule has 1 aliphatic carbocycles. The molecular formula is C26H32FN3O2. The van der Waals surface area contributed by atoms with Crippen LogP contribution in [0, 0.1) is 11.7 Å². The van der Waals surface area contributed by atoms with Gasteiger partial charge in [-0.3, -0.25) is 14.5 Å². The Morgan fingerprint density at radius 1 is 0.938 bits per heavy atom. The van der Waals surface area contributed by atoms with Crippen LogP contribution in [-0.2, 0) is 11.3 Å². The van der Waals surface area contributed by atoms with Crippen molar-refractivity contribution < 1.29 is 14.0 Å². The maximum Gasteiger partial charge on any atom is 0.253 e. The van der Waals surface area contributed by atoms with Crippen LogP contribution in [0.5, 0.6) is 0 Å². The lowest BCUT2D eigenvalue weighted by Gasteiger charge is -2.32. The van der Waals surface area contributed by atoms with E-state index in [-0.39, 0.29) is 29.6 Å². The van der Waals surface area contributed by atoms with Crippen LogP contribution < -0.4 is 10.6 Å². The summed E-state index contributed by atoms with van der Waals surface area (Å²) in [6.45, 7) is 1.92. The molecule has 2 aromatic rings. The highest BCUT2D eigenvalue weighted by Gasteiger charge is 2.27. The third kappa shape index (κ3) is 5.74. The van der Waals surface area contributed by atoms with Gasteiger partial charge < -0.3 is 10.6 Å². The lowest BCUT2D eigenvalue weighted by Crippen LogP contribution is -2.41. The standard InChI is InChI=1S/C26H32FN3O2/c27-23-14-6-4-9-19(23)17-30-16-8-10-20(18-30)25(31)29-24-15-7-5-13-22(24)26(32)28-21-11-2-1-3-12-21/h4-7,9,13-15,20-21H,1-3,8,10-12,16-18H2,(H,28,32)(H,29,31). The fourth-order valence-corrected chi connectivity index (χ4v) is 4.82. The predicted octanol–water partition coefficient (Wildman–Crippen LogP) is 4.74. The third-order valence-corrected chi connectivity index (χ3v) is 6.60. The minimum atomic E-state index is -0.211. The Bertz CT molecular complexity index is 942. The van der Waals surface area contributed by atoms with Crippen LogP contribution in [-0.4, -0.2) is 35.8 Å². The topological polar surface area (TPSA) is 61.4 Å². The summed E-state index contributed by atoms with van der Waals surface area (Å²) in [5, 5.41) is 6.13. The summed E-state index contributed by atoms with van der Waals surface area (Å²) in [6.07, 6.45) is 7.23. The number of hydrogen-bond acceptors (Lipinski definition) is 3. The number of likely N-dealkylation sites (tertiary alicyclic amines) is 1. The molecule has 1 unspecified atom stereocenters. The van der Waals surface area contributed by atoms with Gasteiger partial charge in [-0.15, -0.1) is 0 Å². The molecule has 170 valence electrons. The SMILES string of the molecule is O=C(NC1CCCCC1)c1ccccc1NC(=O)C1CCCN(Cc2ccccc2F)C1. The zero-order chi connectivity index (χ0) is 22.3. The van der Waals surface area contributed by atoms with E-state index in [0.717, 1.165) is 45.1 Å². The summed E-state index contributed by atoms with van der Waals surface area (Å²) in [6, 6.07) is 14.2. The van der Waals surface area contributed by atoms with Crippen LogP contribution in [0.3, 0.4) is 0 Å². The third-order valence-electron chi connectivity index (χ3n) is 6.60. The molecule has 4 rings (SSSR count). The first kappa shape index (κ1) is 22.5. The van der Waals surface area contributed by atoms with Gasteiger partial charge in [0, 0.05) is 24.7 Å². The van der Waals surface area contributed by atoms with Crippen molar-refractivity contribution in [1.29, 1.82) is 0 Å². The van der Waals surface area contributed by atoms with Crippen LogP contribution in [0.4, 0.5) is 10.1 Å². The number of nitrogens with zero attached hydrogens (tertiary/aromatic N) is 1. The first-order valence-corrected chi connectivity index (χ1v) is 11.8. The van der Waals surface area contributed by atoms with Crippen LogP contribution in [0.15, 0.2) is 48.5 Å². The summed E-state index contributed by atoms with van der Waals surface area (Å²) in [5.74, 6) is -0.610. The van der Waals surface area contributed by atoms with Gasteiger partial charge in [0.25, 0.3) is 5.91 Å². The average molecular weight is 438 g/mol. The second-order valence-electron chi connectivity index (χ2n) is 9.01. The summed E-state index contributed by atoms with van der Waals surface area (Å²) in [7, 11) is 0. The molecule has 0 bridgehead atoms. The minimum Gasteiger partial charge on any atom is -0.349 e. The Labute approximate surface area is 189 Å². The molecule has 0 radical (unpaired) electrons. The zero-order valence-electron chi connectivity index (χ0n) is 18.5. The molecule has 1 heterocycles. The number of anilines is 1. The van der Waals surface area contributed by atoms with E-state index in [2.05, 4.69) is 15.5 Å². The van der Waals surface area contributed by atoms with Gasteiger partial charge in [0.15, 0.2) is 0 Å². The number of para-hydroxylation sites is 1. The predicted molar refractivity (Wildman–Crippen MR) is 124 cm³/mol. The molecule has 0 aromatic heterocycles. The molecule has 2 N–H and O–H groups in total. The first-order chi connectivity index (χ1) is 15.6. The molecule has 2 aliphatic rings. The Balaban J connectivity index is 1.38. The van der Waals surface area contributed by atoms with E-state index < -0.39 is 0 Å². The molecule has 1 atom stereocenters. The van der Waals surface area contributed by atoms with Gasteiger partial charge in [-0.1, -0.05) is 49.6 Å². The minimum absolute atomic E-state index is 0.0823. The largest absolute Gasteiger partial charge is 0.349 e. The van der Waals surface area contributed by atoms with Crippen molar-refractivity contribution in [3.05, 3.63) is 65.5 Å². The number of hydrogen-bond donors (Lipinski definition) is 2. The number of halogens is 1. The summed E-state index contributed by atoms with van der Waals surface area (Å²) < 4.78 is 14.0. The quantitative estimate of drug-likeness (QED) is 0.686. The number of carbonyl (C=O) groups is 2. The molecule has 1 aliphatic heterocycles. The molecule has 32 heavy (non-hydrogen) atoms. The number of piperidine rings is 1. The lowest BCUT2D eigenvalue weighted by atomic mass is 9.95. The molecule has 1 saturated heterocycles. The lowest BCUT2D eigenvalue weighted by molar-refractivity contribution is -0.121. The van der Waals surface area contributed by atoms with E-state index >= 15 is 0 Å². The second-order valence-corrected chi connectivity index (χ2v) is 9.01. The number of amides is 2. The van der Waals surface area contributed by atoms with Crippen molar-refractivity contribution in [3.8, 4) is 0 Å². The Morgan fingerprint density at radius 2 is 1.69 bits per heavy atom. The number of nitrogens with one attached hydrogen (secondary N) is 2. The van der Waals surface area contributed by atoms with E-state index in [1.54, 1.807) is 24.3 Å². The van der Waals surface area contributed by atoms with Crippen molar-refractivity contribution in [2.45, 2.75) is 57.5 Å². The van der Waals surface area contributed by atoms with E-state index in [9.17, 15) is 14.0 Å². The summed E-state index contributed by atoms with van der Waals surface area (Å²) in [5.41, 5.74) is 1.71. The van der Waals surface area contributed by atoms with Crippen LogP contribution in [0.25, 0.3) is 0 Å². The molecule has 6 heteroatoms. The van der Waals surface area contributed by atoms with Crippen molar-refractivity contribution in [1.82, 2.24) is 10.2 Å². The molecule has 0 spiro atoms. The molecular weight excluding hydrogens is 405 g/mol. The highest BCUT2D eigenvalue weighted by Crippen LogP contribution is 2.24. The fourth-order valence-electron chi connectivity index (χ4n) is 4.82. The number of carbonyl (C=O) groups excluding carboxylic acids is 2. The van der Waals surface area contributed by atoms with Crippen LogP contribution >= 0.6 is 0 Å². The van der Waals surface area contributed by atoms with E-state index in [4.69, 9.17) is 0 Å². The first-order valence-electron chi connectivity index (χ1n) is 11.8. The van der Waals surface area contributed by atoms with Crippen molar-refractivity contribution in [2.24, 2.45) is 5.92 Å². The van der Waals surface area contributed by atoms with Crippen LogP contribution in [0.1, 0.15) is 60.9 Å². The maximum absolute atomic E-state index is 14.0. The van der Waals surface area contributed by atoms with Gasteiger partial charge in [-0.05, 0) is 50.4 Å². The normalized spacial score (nSPS) is 20.0. The Hall–Kier alpha value is -2.73. The van der Waals surface area contributed by atoms with Crippen molar-refractivity contribution in [2.75, 3.05) is 18.4 Å². The second kappa shape index (κ2) is 10.7. The van der Waals surface area contributed by atoms with Gasteiger partial charge in [-0.25, -0.2) is 4.39 Å². The zero-order valence-corrected chi connectivity index (χ0v) is 18.5. The van der Waals surface area contributed by atoms with Crippen molar-refractivity contribution in [3.63, 3.8) is 0 Å². The van der Waals surface area contributed by atoms with Gasteiger partial charge >= 0.3 is 0 Å². The smallest absolute Gasteiger partial charge is 0.253 e. The van der Waals surface area contributed by atoms with Gasteiger partial charge in [-0.2, -0.15) is 0 Å². The Kier molecular flexibility index (Phi) is 7.53. The van der Waals surface area contributed by atoms with Crippen molar-refractivity contribution >= 4 is 17.5 Å². The fraction of sp³-hybridized carbons (Fsp3) is 0.462. The van der Waals surface area contributed by atoms with E-state index in [0.29, 0.717) is 29.9 Å². The van der Waals surface area contributed by atoms with Gasteiger partial charge in [0.1, 0.15) is 5.82 Å². The van der Waals surface area contributed by atoms with Gasteiger partial charge in [0.05, 0.1) is 17.2 Å². The monoisotopic (exact) mass is 437 g/mol. The molecule has 2 amide bonds. The van der Waals surface area contributed by atoms with Gasteiger partial charge in [0.2, 0.25) is 5.91 Å². The highest BCUT2D eigenvalue weighted by atomic mass is 19.1. The summed E-state index contributed by atoms with van der Waals surface area (Å²) >= 11 is 0. The van der Waals surface area contributed by atoms with Crippen LogP contribution in [0.2, 0.25) is 0 Å². The van der Waals surface area contributed by atoms with E-state index in [1.807, 2.05) is 18.2 Å². The molecule has 2 aromatic carbocycles. The molecule has 1 saturated carbocycles. The molecule has 2 fully saturated rings. The average Bonchev–Trinajstić information content (AvgIpc) is 2.82. The number of benzene rings is 2. The maximum atomic E-state index is 14.0. The molecule has 5 nitrogen and oxygen atoms in total. The summed E-state index contributed by atoms with van der Waals surface area (Å²) in [4.78, 5) is 28.1. The number of rotatable bonds is 6. The highest BCUT2D eigenvalue weighted by molar-refractivity contribution is 6.04. The Morgan fingerprint density at radius 3 is 2.50 bits per heavy atom. The van der Waals surface area contributed by atoms with E-state index in [1.165, 1.54) is 12.5 Å².